The maximum absolute atomic E-state index is 12.9. The number of hydrogen-bond donors (Lipinski definition) is 3. The molecule has 2 rings (SSSR count). The number of nitrogens with zero attached hydrogens (tertiary/aromatic N) is 1. The number of carbonyl (C=O) groups is 1. The molecule has 1 heterocycles. The van der Waals surface area contributed by atoms with Crippen LogP contribution in [0.25, 0.3) is 0 Å². The van der Waals surface area contributed by atoms with Gasteiger partial charge < -0.3 is 14.8 Å². The van der Waals surface area contributed by atoms with Gasteiger partial charge in [0.25, 0.3) is 0 Å². The Balaban J connectivity index is 0.000000960. The minimum atomic E-state index is -4.96. The summed E-state index contributed by atoms with van der Waals surface area (Å²) in [6.45, 7) is -0.609. The third kappa shape index (κ3) is 7.73. The van der Waals surface area contributed by atoms with E-state index < -0.39 is 36.3 Å². The molecule has 0 fully saturated rings. The van der Waals surface area contributed by atoms with Gasteiger partial charge in [0, 0.05) is 18.9 Å². The minimum absolute atomic E-state index is 0.0962. The van der Waals surface area contributed by atoms with Crippen LogP contribution in [-0.2, 0) is 17.6 Å². The van der Waals surface area contributed by atoms with E-state index >= 15 is 0 Å². The van der Waals surface area contributed by atoms with Crippen molar-refractivity contribution in [2.24, 2.45) is 5.84 Å². The molecule has 0 spiro atoms. The number of aromatic nitrogens is 1. The van der Waals surface area contributed by atoms with Crippen LogP contribution in [0.5, 0.6) is 11.6 Å². The van der Waals surface area contributed by atoms with Crippen LogP contribution in [0.2, 0.25) is 0 Å². The Hall–Kier alpha value is -3.22. The fraction of sp³-hybridized carbons (Fsp3) is 0.250. The van der Waals surface area contributed by atoms with Gasteiger partial charge in [-0.2, -0.15) is 13.2 Å². The maximum Gasteiger partial charge on any atom is 0.573 e. The van der Waals surface area contributed by atoms with Crippen molar-refractivity contribution in [1.82, 2.24) is 10.4 Å². The van der Waals surface area contributed by atoms with Crippen molar-refractivity contribution in [3.05, 3.63) is 47.7 Å². The number of carbonyl (C=O) groups excluding carboxylic acids is 1. The van der Waals surface area contributed by atoms with Gasteiger partial charge in [-0.1, -0.05) is 6.07 Å². The summed E-state index contributed by atoms with van der Waals surface area (Å²) in [7, 11) is 1.44. The Morgan fingerprint density at radius 3 is 2.31 bits per heavy atom. The number of halogens is 6. The van der Waals surface area contributed by atoms with Crippen LogP contribution in [0.3, 0.4) is 0 Å². The summed E-state index contributed by atoms with van der Waals surface area (Å²) >= 11 is 0. The van der Waals surface area contributed by atoms with Crippen molar-refractivity contribution in [2.45, 2.75) is 19.1 Å². The molecule has 2 aromatic rings. The number of hydrogen-bond acceptors (Lipinski definition) is 6. The largest absolute Gasteiger partial charge is 0.573 e. The van der Waals surface area contributed by atoms with Crippen LogP contribution in [0.4, 0.5) is 32.0 Å². The monoisotopic (exact) mass is 426 g/mol. The van der Waals surface area contributed by atoms with Crippen LogP contribution in [0, 0.1) is 0 Å². The number of alkyl halides is 6. The molecule has 1 aromatic heterocycles. The van der Waals surface area contributed by atoms with Crippen LogP contribution in [-0.4, -0.2) is 24.8 Å². The lowest BCUT2D eigenvalue weighted by Crippen LogP contribution is -2.19. The van der Waals surface area contributed by atoms with E-state index in [2.05, 4.69) is 20.9 Å². The Bertz CT molecular complexity index is 799. The molecular weight excluding hydrogens is 410 g/mol. The van der Waals surface area contributed by atoms with E-state index in [0.717, 1.165) is 24.4 Å². The molecule has 0 unspecified atom stereocenters. The van der Waals surface area contributed by atoms with Crippen molar-refractivity contribution >= 4 is 12.1 Å². The first-order valence-electron chi connectivity index (χ1n) is 7.63. The summed E-state index contributed by atoms with van der Waals surface area (Å²) in [4.78, 5) is 12.4. The third-order valence-corrected chi connectivity index (χ3v) is 3.13. The molecule has 4 N–H and O–H groups in total. The van der Waals surface area contributed by atoms with Crippen LogP contribution >= 0.6 is 0 Å². The van der Waals surface area contributed by atoms with Crippen molar-refractivity contribution in [3.8, 4) is 11.6 Å². The Kier molecular flexibility index (Phi) is 8.51. The van der Waals surface area contributed by atoms with Gasteiger partial charge in [0.15, 0.2) is 0 Å². The van der Waals surface area contributed by atoms with E-state index in [0.29, 0.717) is 6.41 Å². The van der Waals surface area contributed by atoms with Gasteiger partial charge in [-0.25, -0.2) is 10.8 Å². The van der Waals surface area contributed by atoms with Crippen LogP contribution in [0.1, 0.15) is 11.1 Å². The van der Waals surface area contributed by atoms with E-state index in [-0.39, 0.29) is 11.3 Å². The van der Waals surface area contributed by atoms with E-state index in [1.54, 1.807) is 5.43 Å². The van der Waals surface area contributed by atoms with Gasteiger partial charge in [0.1, 0.15) is 17.9 Å². The molecule has 29 heavy (non-hydrogen) atoms. The molecule has 0 radical (unpaired) electrons. The number of benzene rings is 1. The topological polar surface area (TPSA) is 98.5 Å². The molecule has 1 amide bonds. The van der Waals surface area contributed by atoms with Gasteiger partial charge in [-0.05, 0) is 24.3 Å². The fourth-order valence-corrected chi connectivity index (χ4v) is 2.03. The summed E-state index contributed by atoms with van der Waals surface area (Å²) in [5, 5.41) is 2.63. The average Bonchev–Trinajstić information content (AvgIpc) is 2.65. The standard InChI is InChI=1S/C15H12F6N2O2.CH4N2O/c1-22-11-5-2-6-12(25-15(19,20)21)9(11)8-24-13-10(14(16,17)18)4-3-7-23-13;2-3-1-4/h2-7,22H,8H2,1H3;1H,2H2,(H,3,4). The van der Waals surface area contributed by atoms with E-state index in [4.69, 9.17) is 9.53 Å². The van der Waals surface area contributed by atoms with Gasteiger partial charge in [-0.15, -0.1) is 13.2 Å². The van der Waals surface area contributed by atoms with Gasteiger partial charge in [0.05, 0.1) is 5.56 Å². The number of amides is 1. The fourth-order valence-electron chi connectivity index (χ4n) is 2.03. The van der Waals surface area contributed by atoms with Crippen LogP contribution in [0.15, 0.2) is 36.5 Å². The zero-order chi connectivity index (χ0) is 22.1. The summed E-state index contributed by atoms with van der Waals surface area (Å²) in [5.41, 5.74) is 0.738. The average molecular weight is 426 g/mol. The molecule has 0 aliphatic carbocycles. The Morgan fingerprint density at radius 1 is 1.14 bits per heavy atom. The number of pyridine rings is 1. The first kappa shape index (κ1) is 23.8. The van der Waals surface area contributed by atoms with Crippen molar-refractivity contribution in [2.75, 3.05) is 12.4 Å². The minimum Gasteiger partial charge on any atom is -0.472 e. The molecule has 7 nitrogen and oxygen atoms in total. The second-order valence-electron chi connectivity index (χ2n) is 5.01. The molecule has 0 saturated carbocycles. The predicted octanol–water partition coefficient (Wildman–Crippen LogP) is 3.23. The maximum atomic E-state index is 12.9. The first-order chi connectivity index (χ1) is 13.5. The number of hydrazine groups is 1. The third-order valence-electron chi connectivity index (χ3n) is 3.13. The number of nitrogens with two attached hydrogens (primary N) is 1. The molecule has 160 valence electrons. The zero-order valence-corrected chi connectivity index (χ0v) is 14.8. The highest BCUT2D eigenvalue weighted by molar-refractivity contribution is 5.57. The van der Waals surface area contributed by atoms with Crippen molar-refractivity contribution in [1.29, 1.82) is 0 Å². The SMILES string of the molecule is CNc1cccc(OC(F)(F)F)c1COc1ncccc1C(F)(F)F.NNC=O. The molecule has 1 aromatic carbocycles. The molecule has 13 heteroatoms. The second-order valence-corrected chi connectivity index (χ2v) is 5.01. The quantitative estimate of drug-likeness (QED) is 0.216. The normalized spacial score (nSPS) is 11.0. The van der Waals surface area contributed by atoms with Gasteiger partial charge in [0.2, 0.25) is 12.3 Å². The van der Waals surface area contributed by atoms with E-state index in [1.165, 1.54) is 19.2 Å². The number of ether oxygens (including phenoxy) is 2. The highest BCUT2D eigenvalue weighted by Crippen LogP contribution is 2.36. The zero-order valence-electron chi connectivity index (χ0n) is 14.8. The first-order valence-corrected chi connectivity index (χ1v) is 7.63. The number of anilines is 1. The molecule has 0 atom stereocenters. The lowest BCUT2D eigenvalue weighted by molar-refractivity contribution is -0.275. The summed E-state index contributed by atoms with van der Waals surface area (Å²) in [6, 6.07) is 5.62. The lowest BCUT2D eigenvalue weighted by Gasteiger charge is -2.18. The van der Waals surface area contributed by atoms with E-state index in [9.17, 15) is 26.3 Å². The Morgan fingerprint density at radius 2 is 1.79 bits per heavy atom. The second kappa shape index (κ2) is 10.4. The molecule has 0 bridgehead atoms. The highest BCUT2D eigenvalue weighted by atomic mass is 19.4. The summed E-state index contributed by atoms with van der Waals surface area (Å²) in [6.07, 6.45) is -8.18. The number of nitrogens with one attached hydrogen (secondary N) is 2. The summed E-state index contributed by atoms with van der Waals surface area (Å²) in [5.74, 6) is 3.09. The predicted molar refractivity (Wildman–Crippen MR) is 89.6 cm³/mol. The van der Waals surface area contributed by atoms with Gasteiger partial charge >= 0.3 is 12.5 Å². The molecular formula is C16H16F6N4O3. The van der Waals surface area contributed by atoms with Crippen molar-refractivity contribution in [3.63, 3.8) is 0 Å². The Labute approximate surface area is 160 Å². The number of rotatable bonds is 6. The molecule has 0 saturated heterocycles. The van der Waals surface area contributed by atoms with Crippen LogP contribution < -0.4 is 26.1 Å². The molecule has 0 aliphatic rings. The van der Waals surface area contributed by atoms with E-state index in [1.807, 2.05) is 0 Å². The highest BCUT2D eigenvalue weighted by Gasteiger charge is 2.35. The molecule has 0 aliphatic heterocycles. The van der Waals surface area contributed by atoms with Crippen molar-refractivity contribution < 1.29 is 40.6 Å². The van der Waals surface area contributed by atoms with Gasteiger partial charge in [-0.3, -0.25) is 10.2 Å². The summed E-state index contributed by atoms with van der Waals surface area (Å²) < 4.78 is 85.2. The smallest absolute Gasteiger partial charge is 0.472 e. The lowest BCUT2D eigenvalue weighted by atomic mass is 10.1.